The van der Waals surface area contributed by atoms with Crippen molar-refractivity contribution in [2.45, 2.75) is 12.5 Å². The summed E-state index contributed by atoms with van der Waals surface area (Å²) in [7, 11) is 0. The van der Waals surface area contributed by atoms with Gasteiger partial charge in [0.05, 0.1) is 4.88 Å². The van der Waals surface area contributed by atoms with Crippen molar-refractivity contribution >= 4 is 43.9 Å². The molecule has 0 saturated heterocycles. The Morgan fingerprint density at radius 1 is 1.39 bits per heavy atom. The Labute approximate surface area is 111 Å². The van der Waals surface area contributed by atoms with Gasteiger partial charge in [0.25, 0.3) is 5.91 Å². The van der Waals surface area contributed by atoms with E-state index in [4.69, 9.17) is 10.2 Å². The lowest BCUT2D eigenvalue weighted by Crippen LogP contribution is -2.29. The van der Waals surface area contributed by atoms with Gasteiger partial charge in [-0.1, -0.05) is 0 Å². The summed E-state index contributed by atoms with van der Waals surface area (Å²) in [6.45, 7) is 0.137. The van der Waals surface area contributed by atoms with Gasteiger partial charge in [-0.15, -0.1) is 22.7 Å². The van der Waals surface area contributed by atoms with Crippen LogP contribution in [0.5, 0.6) is 0 Å². The second-order valence-electron chi connectivity index (χ2n) is 3.66. The number of thiophene rings is 2. The number of carboxylic acid groups (broad SMARTS) is 1. The summed E-state index contributed by atoms with van der Waals surface area (Å²) < 4.78 is 2.13. The Kier molecular flexibility index (Phi) is 3.95. The summed E-state index contributed by atoms with van der Waals surface area (Å²) in [5.74, 6) is -1.51. The van der Waals surface area contributed by atoms with E-state index >= 15 is 0 Å². The second kappa shape index (κ2) is 5.47. The van der Waals surface area contributed by atoms with E-state index in [2.05, 4.69) is 5.32 Å². The lowest BCUT2D eigenvalue weighted by Gasteiger charge is -2.06. The molecule has 5 nitrogen and oxygen atoms in total. The predicted molar refractivity (Wildman–Crippen MR) is 70.3 cm³/mol. The van der Waals surface area contributed by atoms with Gasteiger partial charge in [0.15, 0.2) is 6.10 Å². The van der Waals surface area contributed by atoms with Gasteiger partial charge in [-0.2, -0.15) is 0 Å². The molecule has 1 atom stereocenters. The van der Waals surface area contributed by atoms with E-state index in [1.165, 1.54) is 11.3 Å². The van der Waals surface area contributed by atoms with Crippen molar-refractivity contribution in [3.63, 3.8) is 0 Å². The minimum Gasteiger partial charge on any atom is -0.479 e. The zero-order chi connectivity index (χ0) is 13.1. The zero-order valence-electron chi connectivity index (χ0n) is 9.25. The average molecular weight is 285 g/mol. The number of fused-ring (bicyclic) bond motifs is 1. The fourth-order valence-electron chi connectivity index (χ4n) is 1.41. The van der Waals surface area contributed by atoms with Crippen molar-refractivity contribution < 1.29 is 19.8 Å². The fraction of sp³-hybridized carbons (Fsp3) is 0.273. The number of carbonyl (C=O) groups is 2. The van der Waals surface area contributed by atoms with Crippen molar-refractivity contribution in [3.05, 3.63) is 22.4 Å². The highest BCUT2D eigenvalue weighted by atomic mass is 32.1. The summed E-state index contributed by atoms with van der Waals surface area (Å²) in [6.07, 6.45) is -1.43. The molecule has 0 aliphatic heterocycles. The Morgan fingerprint density at radius 2 is 2.17 bits per heavy atom. The molecule has 2 aromatic heterocycles. The molecule has 0 spiro atoms. The van der Waals surface area contributed by atoms with Gasteiger partial charge in [0.1, 0.15) is 0 Å². The highest BCUT2D eigenvalue weighted by Crippen LogP contribution is 2.29. The fourth-order valence-corrected chi connectivity index (χ4v) is 3.44. The maximum absolute atomic E-state index is 11.7. The third kappa shape index (κ3) is 2.87. The number of carboxylic acids is 1. The topological polar surface area (TPSA) is 86.6 Å². The summed E-state index contributed by atoms with van der Waals surface area (Å²) in [4.78, 5) is 22.7. The second-order valence-corrected chi connectivity index (χ2v) is 5.69. The van der Waals surface area contributed by atoms with E-state index < -0.39 is 12.1 Å². The van der Waals surface area contributed by atoms with E-state index in [1.807, 2.05) is 17.5 Å². The van der Waals surface area contributed by atoms with Gasteiger partial charge in [-0.3, -0.25) is 4.79 Å². The molecule has 0 radical (unpaired) electrons. The zero-order valence-corrected chi connectivity index (χ0v) is 10.9. The first kappa shape index (κ1) is 13.0. The first-order chi connectivity index (χ1) is 8.58. The van der Waals surface area contributed by atoms with Gasteiger partial charge in [0, 0.05) is 22.4 Å². The van der Waals surface area contributed by atoms with Crippen LogP contribution < -0.4 is 5.32 Å². The van der Waals surface area contributed by atoms with Gasteiger partial charge in [-0.25, -0.2) is 4.79 Å². The Balaban J connectivity index is 1.88. The molecule has 0 bridgehead atoms. The lowest BCUT2D eigenvalue weighted by atomic mass is 10.2. The van der Waals surface area contributed by atoms with Crippen molar-refractivity contribution in [3.8, 4) is 0 Å². The molecule has 0 aliphatic rings. The van der Waals surface area contributed by atoms with Crippen molar-refractivity contribution in [1.29, 1.82) is 0 Å². The van der Waals surface area contributed by atoms with Crippen molar-refractivity contribution in [1.82, 2.24) is 5.32 Å². The Morgan fingerprint density at radius 3 is 2.83 bits per heavy atom. The molecule has 7 heteroatoms. The molecular weight excluding hydrogens is 274 g/mol. The number of nitrogens with one attached hydrogen (secondary N) is 1. The normalized spacial score (nSPS) is 12.5. The van der Waals surface area contributed by atoms with E-state index in [-0.39, 0.29) is 18.9 Å². The number of aliphatic carboxylic acids is 1. The van der Waals surface area contributed by atoms with Crippen molar-refractivity contribution in [2.24, 2.45) is 0 Å². The van der Waals surface area contributed by atoms with Crippen LogP contribution in [0.15, 0.2) is 17.5 Å². The molecule has 0 saturated carbocycles. The quantitative estimate of drug-likeness (QED) is 0.777. The molecule has 2 heterocycles. The third-order valence-electron chi connectivity index (χ3n) is 2.35. The summed E-state index contributed by atoms with van der Waals surface area (Å²) in [5, 5.41) is 22.1. The predicted octanol–water partition coefficient (Wildman–Crippen LogP) is 1.53. The molecule has 96 valence electrons. The number of carbonyl (C=O) groups excluding carboxylic acids is 1. The number of rotatable bonds is 5. The minimum absolute atomic E-state index is 0.000809. The molecule has 0 aromatic carbocycles. The molecular formula is C11H11NO4S2. The van der Waals surface area contributed by atoms with Crippen molar-refractivity contribution in [2.75, 3.05) is 6.54 Å². The third-order valence-corrected chi connectivity index (χ3v) is 4.44. The average Bonchev–Trinajstić information content (AvgIpc) is 2.88. The van der Waals surface area contributed by atoms with Crippen LogP contribution in [0.25, 0.3) is 9.40 Å². The highest BCUT2D eigenvalue weighted by Gasteiger charge is 2.14. The Bertz CT molecular complexity index is 546. The van der Waals surface area contributed by atoms with E-state index in [0.29, 0.717) is 4.88 Å². The summed E-state index contributed by atoms with van der Waals surface area (Å²) in [5.41, 5.74) is 0. The monoisotopic (exact) mass is 285 g/mol. The molecule has 0 aliphatic carbocycles. The Hall–Kier alpha value is -1.44. The smallest absolute Gasteiger partial charge is 0.332 e. The molecule has 18 heavy (non-hydrogen) atoms. The lowest BCUT2D eigenvalue weighted by molar-refractivity contribution is -0.146. The van der Waals surface area contributed by atoms with Gasteiger partial charge >= 0.3 is 5.97 Å². The van der Waals surface area contributed by atoms with Crippen LogP contribution in [0.2, 0.25) is 0 Å². The van der Waals surface area contributed by atoms with Crippen LogP contribution in [-0.2, 0) is 4.79 Å². The standard InChI is InChI=1S/C11H11NO4S2/c13-6(11(15)16)1-3-12-10(14)9-5-8-7(18-9)2-4-17-8/h2,4-6,13H,1,3H2,(H,12,14)(H,15,16). The van der Waals surface area contributed by atoms with Gasteiger partial charge in [-0.05, 0) is 17.5 Å². The summed E-state index contributed by atoms with van der Waals surface area (Å²) in [6, 6.07) is 3.77. The van der Waals surface area contributed by atoms with Crippen LogP contribution in [0.1, 0.15) is 16.1 Å². The first-order valence-corrected chi connectivity index (χ1v) is 6.93. The number of aliphatic hydroxyl groups excluding tert-OH is 1. The van der Waals surface area contributed by atoms with Crippen LogP contribution in [0.3, 0.4) is 0 Å². The minimum atomic E-state index is -1.43. The maximum atomic E-state index is 11.7. The maximum Gasteiger partial charge on any atom is 0.332 e. The van der Waals surface area contributed by atoms with E-state index in [0.717, 1.165) is 9.40 Å². The molecule has 3 N–H and O–H groups in total. The largest absolute Gasteiger partial charge is 0.479 e. The highest BCUT2D eigenvalue weighted by molar-refractivity contribution is 7.27. The van der Waals surface area contributed by atoms with Crippen LogP contribution in [0.4, 0.5) is 0 Å². The molecule has 1 unspecified atom stereocenters. The van der Waals surface area contributed by atoms with Crippen LogP contribution in [-0.4, -0.2) is 34.7 Å². The number of amides is 1. The van der Waals surface area contributed by atoms with Crippen LogP contribution in [0, 0.1) is 0 Å². The number of aliphatic hydroxyl groups is 1. The molecule has 1 amide bonds. The van der Waals surface area contributed by atoms with Crippen LogP contribution >= 0.6 is 22.7 Å². The van der Waals surface area contributed by atoms with Gasteiger partial charge < -0.3 is 15.5 Å². The molecule has 2 rings (SSSR count). The van der Waals surface area contributed by atoms with Gasteiger partial charge in [0.2, 0.25) is 0 Å². The first-order valence-electron chi connectivity index (χ1n) is 5.24. The summed E-state index contributed by atoms with van der Waals surface area (Å²) >= 11 is 2.97. The number of hydrogen-bond acceptors (Lipinski definition) is 5. The SMILES string of the molecule is O=C(NCCC(O)C(=O)O)c1cc2sccc2s1. The molecule has 0 fully saturated rings. The molecule has 2 aromatic rings. The number of hydrogen-bond donors (Lipinski definition) is 3. The van der Waals surface area contributed by atoms with E-state index in [1.54, 1.807) is 11.3 Å². The van der Waals surface area contributed by atoms with E-state index in [9.17, 15) is 9.59 Å².